The molecule has 3 aliphatic rings. The Balaban J connectivity index is 1.49. The van der Waals surface area contributed by atoms with Gasteiger partial charge in [-0.2, -0.15) is 0 Å². The molecule has 3 aliphatic heterocycles. The molecule has 0 aliphatic carbocycles. The van der Waals surface area contributed by atoms with E-state index < -0.39 is 179 Å². The van der Waals surface area contributed by atoms with Crippen molar-refractivity contribution in [2.75, 3.05) is 192 Å². The van der Waals surface area contributed by atoms with E-state index in [1.807, 2.05) is 0 Å². The SMILES string of the molecule is C=P(O)(OC)OCCCCCCNC(=O)[C@@H](CCCCNC(=O)COCCOCCOCCO[C@@H]1O[C@H](CO)[C@H](O)[C@H](O)[C@H]1NC(C)=O)CC(=O)[C@H](CCCCNC(=O)COCCOCCOCCO[C@@H]1O[C@H](CO)[C@H](O)[C@H](O)[C@H]1NC(C)=O)NC(=O)COCCOCCOCCO[C@@H]1O[C@H](CO)[C@H](O)[C@H](O)[C@H]1NC(C)=O. The number of rotatable bonds is 66. The van der Waals surface area contributed by atoms with E-state index in [-0.39, 0.29) is 177 Å². The van der Waals surface area contributed by atoms with E-state index in [1.54, 1.807) is 0 Å². The van der Waals surface area contributed by atoms with E-state index in [0.717, 1.165) is 0 Å². The Bertz CT molecular complexity index is 2660. The summed E-state index contributed by atoms with van der Waals surface area (Å²) in [6, 6.07) is -4.37. The summed E-state index contributed by atoms with van der Waals surface area (Å²) < 4.78 is 93.2. The monoisotopic (exact) mass is 1640 g/mol. The summed E-state index contributed by atoms with van der Waals surface area (Å²) in [6.07, 6.45) is -7.85. The van der Waals surface area contributed by atoms with E-state index >= 15 is 0 Å². The van der Waals surface area contributed by atoms with Crippen molar-refractivity contribution in [3.05, 3.63) is 0 Å². The van der Waals surface area contributed by atoms with Crippen molar-refractivity contribution in [1.82, 2.24) is 37.2 Å². The Kier molecular flexibility index (Phi) is 54.9. The fourth-order valence-electron chi connectivity index (χ4n) is 11.3. The molecule has 3 saturated heterocycles. The van der Waals surface area contributed by atoms with E-state index in [9.17, 15) is 89.2 Å². The molecule has 0 spiro atoms. The number of ether oxygens (including phenoxy) is 15. The minimum atomic E-state index is -3.13. The molecule has 7 amide bonds. The van der Waals surface area contributed by atoms with Crippen LogP contribution in [0, 0.1) is 5.92 Å². The van der Waals surface area contributed by atoms with Gasteiger partial charge in [0.05, 0.1) is 151 Å². The zero-order chi connectivity index (χ0) is 82.5. The van der Waals surface area contributed by atoms with Crippen LogP contribution < -0.4 is 37.2 Å². The molecular formula is C69H126N7O35P. The largest absolute Gasteiger partial charge is 0.394 e. The van der Waals surface area contributed by atoms with Crippen LogP contribution in [0.5, 0.6) is 0 Å². The van der Waals surface area contributed by atoms with Gasteiger partial charge in [-0.15, -0.1) is 0 Å². The van der Waals surface area contributed by atoms with Gasteiger partial charge >= 0.3 is 0 Å². The lowest BCUT2D eigenvalue weighted by molar-refractivity contribution is -0.272. The number of aliphatic hydroxyl groups excluding tert-OH is 9. The lowest BCUT2D eigenvalue weighted by Crippen LogP contribution is -2.64. The van der Waals surface area contributed by atoms with Crippen LogP contribution in [0.2, 0.25) is 0 Å². The van der Waals surface area contributed by atoms with Crippen molar-refractivity contribution < 1.29 is 169 Å². The third kappa shape index (κ3) is 43.4. The van der Waals surface area contributed by atoms with E-state index in [1.165, 1.54) is 27.9 Å². The number of hydrogen-bond donors (Lipinski definition) is 17. The summed E-state index contributed by atoms with van der Waals surface area (Å²) in [5.41, 5.74) is 0. The number of hydrogen-bond acceptors (Lipinski definition) is 35. The third-order valence-corrected chi connectivity index (χ3v) is 18.4. The number of carbonyl (C=O) groups excluding carboxylic acids is 8. The van der Waals surface area contributed by atoms with Gasteiger partial charge in [-0.25, -0.2) is 0 Å². The number of aliphatic hydroxyl groups is 9. The van der Waals surface area contributed by atoms with Gasteiger partial charge in [-0.05, 0) is 51.2 Å². The van der Waals surface area contributed by atoms with Crippen LogP contribution in [0.25, 0.3) is 0 Å². The van der Waals surface area contributed by atoms with Crippen molar-refractivity contribution >= 4 is 61.0 Å². The summed E-state index contributed by atoms with van der Waals surface area (Å²) in [7, 11) is -1.82. The number of ketones is 1. The first kappa shape index (κ1) is 101. The predicted octanol–water partition coefficient (Wildman–Crippen LogP) is -6.82. The Morgan fingerprint density at radius 1 is 0.402 bits per heavy atom. The molecule has 18 atom stereocenters. The van der Waals surface area contributed by atoms with Crippen LogP contribution in [0.4, 0.5) is 0 Å². The summed E-state index contributed by atoms with van der Waals surface area (Å²) in [5.74, 6) is -4.58. The van der Waals surface area contributed by atoms with Crippen LogP contribution in [-0.2, 0) is 118 Å². The number of Topliss-reactive ketones (excluding diaryl/α,β-unsaturated/α-hetero) is 1. The number of nitrogens with one attached hydrogen (secondary N) is 7. The van der Waals surface area contributed by atoms with Crippen molar-refractivity contribution in [1.29, 1.82) is 0 Å². The Labute approximate surface area is 652 Å². The first-order chi connectivity index (χ1) is 53.8. The zero-order valence-corrected chi connectivity index (χ0v) is 65.6. The maximum atomic E-state index is 14.4. The molecule has 17 N–H and O–H groups in total. The molecule has 3 heterocycles. The molecule has 0 aromatic rings. The van der Waals surface area contributed by atoms with Crippen molar-refractivity contribution in [3.8, 4) is 0 Å². The molecule has 3 fully saturated rings. The molecule has 0 bridgehead atoms. The van der Waals surface area contributed by atoms with Crippen LogP contribution in [0.3, 0.4) is 0 Å². The van der Waals surface area contributed by atoms with Gasteiger partial charge in [0.1, 0.15) is 92.9 Å². The molecule has 43 heteroatoms. The highest BCUT2D eigenvalue weighted by Gasteiger charge is 2.48. The highest BCUT2D eigenvalue weighted by Crippen LogP contribution is 2.41. The minimum absolute atomic E-state index is 0.0161. The second-order valence-electron chi connectivity index (χ2n) is 26.3. The topological polar surface area (TPSA) is 580 Å². The lowest BCUT2D eigenvalue weighted by atomic mass is 9.91. The van der Waals surface area contributed by atoms with Gasteiger partial charge in [-0.3, -0.25) is 38.4 Å². The highest BCUT2D eigenvalue weighted by atomic mass is 31.2. The smallest absolute Gasteiger partial charge is 0.247 e. The average molecular weight is 1640 g/mol. The Hall–Kier alpha value is -4.82. The van der Waals surface area contributed by atoms with Gasteiger partial charge in [0, 0.05) is 59.9 Å². The van der Waals surface area contributed by atoms with Crippen LogP contribution >= 0.6 is 7.57 Å². The molecule has 3 rings (SSSR count). The van der Waals surface area contributed by atoms with Gasteiger partial charge in [-0.1, -0.05) is 19.3 Å². The van der Waals surface area contributed by atoms with Crippen molar-refractivity contribution in [3.63, 3.8) is 0 Å². The van der Waals surface area contributed by atoms with Gasteiger partial charge in [0.15, 0.2) is 24.7 Å². The van der Waals surface area contributed by atoms with E-state index in [0.29, 0.717) is 57.9 Å². The minimum Gasteiger partial charge on any atom is -0.394 e. The fraction of sp³-hybridized carbons (Fsp3) is 0.870. The molecule has 0 aromatic carbocycles. The third-order valence-electron chi connectivity index (χ3n) is 17.2. The Morgan fingerprint density at radius 2 is 0.723 bits per heavy atom. The number of unbranched alkanes of at least 4 members (excludes halogenated alkanes) is 5. The molecule has 0 radical (unpaired) electrons. The van der Waals surface area contributed by atoms with Crippen LogP contribution in [0.1, 0.15) is 91.4 Å². The first-order valence-corrected chi connectivity index (χ1v) is 39.6. The molecule has 652 valence electrons. The summed E-state index contributed by atoms with van der Waals surface area (Å²) in [6.45, 7) is 3.31. The maximum Gasteiger partial charge on any atom is 0.247 e. The predicted molar refractivity (Wildman–Crippen MR) is 391 cm³/mol. The quantitative estimate of drug-likeness (QED) is 0.0199. The average Bonchev–Trinajstić information content (AvgIpc) is 0.822. The summed E-state index contributed by atoms with van der Waals surface area (Å²) in [5, 5.41) is 109. The summed E-state index contributed by atoms with van der Waals surface area (Å²) in [4.78, 5) is 112. The maximum absolute atomic E-state index is 14.4. The summed E-state index contributed by atoms with van der Waals surface area (Å²) >= 11 is 0. The zero-order valence-electron chi connectivity index (χ0n) is 64.7. The molecule has 1 unspecified atom stereocenters. The lowest BCUT2D eigenvalue weighted by Gasteiger charge is -2.42. The molecule has 0 saturated carbocycles. The van der Waals surface area contributed by atoms with Gasteiger partial charge < -0.3 is 168 Å². The normalized spacial score (nSPS) is 24.9. The number of carbonyl (C=O) groups is 8. The molecule has 0 aromatic heterocycles. The second-order valence-corrected chi connectivity index (χ2v) is 28.2. The van der Waals surface area contributed by atoms with Crippen LogP contribution in [0.15, 0.2) is 0 Å². The van der Waals surface area contributed by atoms with Crippen molar-refractivity contribution in [2.45, 2.75) is 189 Å². The van der Waals surface area contributed by atoms with Crippen LogP contribution in [-0.4, -0.2) is 394 Å². The molecular weight excluding hydrogens is 1520 g/mol. The standard InChI is InChI=1S/C69H126N7O35P/c1-45(80)73-57-63(90)60(87)51(39-77)109-67(57)105-35-32-99-23-20-96-26-29-102-42-54(84)70-16-11-8-14-48(66(93)72-18-10-6-7-13-19-108-112(5,94)95-4)38-50(83)49(76-56(86)44-104-31-28-98-22-25-101-34-37-107-69-59(75-47(3)82)65(92)62(89)53(41-79)111-69)15-9-12-17-71-55(85)43-103-30-27-97-21-24-100-33-36-106-68-58(74-46(2)81)64(91)61(88)52(40-78)110-68/h48-49,51-53,57-65,67-69,77-79,87-92,94H,5-44H2,1-4H3,(H,70,84)(H,71,85)(H,72,93)(H,73,80)(H,74,81)(H,75,82)(H,76,86)/t48-,49-,51+,52+,53+,57+,58+,59+,60-,61-,62-,63+,64+,65+,67+,68+,69+,112?/m0/s1. The van der Waals surface area contributed by atoms with E-state index in [2.05, 4.69) is 43.5 Å². The fourth-order valence-corrected chi connectivity index (χ4v) is 11.8. The van der Waals surface area contributed by atoms with Gasteiger partial charge in [0.2, 0.25) is 48.9 Å². The second kappa shape index (κ2) is 60.6. The van der Waals surface area contributed by atoms with Gasteiger partial charge in [0.25, 0.3) is 0 Å². The first-order valence-electron chi connectivity index (χ1n) is 37.8. The van der Waals surface area contributed by atoms with E-state index in [4.69, 9.17) is 80.1 Å². The molecule has 112 heavy (non-hydrogen) atoms. The number of amides is 7. The Morgan fingerprint density at radius 3 is 1.08 bits per heavy atom. The molecule has 42 nitrogen and oxygen atoms in total. The highest BCUT2D eigenvalue weighted by molar-refractivity contribution is 7.58. The van der Waals surface area contributed by atoms with Crippen molar-refractivity contribution in [2.24, 2.45) is 5.92 Å².